The van der Waals surface area contributed by atoms with E-state index >= 15 is 0 Å². The van der Waals surface area contributed by atoms with E-state index in [1.807, 2.05) is 110 Å². The van der Waals surface area contributed by atoms with Crippen molar-refractivity contribution in [2.75, 3.05) is 0 Å². The van der Waals surface area contributed by atoms with Crippen LogP contribution in [0.4, 0.5) is 0 Å². The number of hydrogen-bond donors (Lipinski definition) is 0. The number of pyridine rings is 6. The molecule has 0 bridgehead atoms. The zero-order chi connectivity index (χ0) is 82.2. The Morgan fingerprint density at radius 1 is 0.241 bits per heavy atom. The first-order valence-electron chi connectivity index (χ1n) is 37.4. The topological polar surface area (TPSA) is 180 Å². The van der Waals surface area contributed by atoms with Crippen molar-refractivity contribution in [2.24, 2.45) is 0 Å². The fraction of sp³-hybridized carbons (Fsp3) is 0.462. The fourth-order valence-electron chi connectivity index (χ4n) is 9.08. The van der Waals surface area contributed by atoms with Gasteiger partial charge in [0.05, 0.1) is 28.1 Å². The van der Waals surface area contributed by atoms with Crippen LogP contribution in [-0.4, -0.2) is 69.8 Å². The van der Waals surface area contributed by atoms with Gasteiger partial charge >= 0.3 is 0 Å². The second kappa shape index (κ2) is 42.7. The number of halogens is 1. The Morgan fingerprint density at radius 2 is 0.722 bits per heavy atom. The number of rotatable bonds is 0. The maximum absolute atomic E-state index is 5.70. The summed E-state index contributed by atoms with van der Waals surface area (Å²) < 4.78 is 0. The Labute approximate surface area is 658 Å². The molecule has 11 rings (SSSR count). The molecular weight excluding hydrogens is 1350 g/mol. The molecule has 0 N–H and O–H groups in total. The SMILES string of the molecule is CC(C)(C)c1cc(Cl)ncn1.CC(C)(C)c1ccccn1.CC(C)(C)c1cccnc1.CC(C)(C)c1ccncc1.CC(C)(C)c1ccncn1.CC(C)(C)c1cnc2ccccc2n1.CC(C)(C)c1cnccn1.Cc1ccc(C(C)(C)C)nc1.Cc1cccnc1C(C)(C)C.Cc1ccnc(C(C)(C)C)c1. The monoisotopic (exact) mass is 1480 g/mol. The summed E-state index contributed by atoms with van der Waals surface area (Å²) in [4.78, 5) is 58.3. The van der Waals surface area contributed by atoms with E-state index in [4.69, 9.17) is 11.6 Å². The maximum Gasteiger partial charge on any atom is 0.132 e. The maximum atomic E-state index is 5.70. The molecule has 0 atom stereocenters. The highest BCUT2D eigenvalue weighted by Gasteiger charge is 2.21. The number of aromatic nitrogens is 14. The molecule has 14 nitrogen and oxygen atoms in total. The Hall–Kier alpha value is -9.01. The van der Waals surface area contributed by atoms with Crippen LogP contribution < -0.4 is 0 Å². The molecule has 15 heteroatoms. The quantitative estimate of drug-likeness (QED) is 0.131. The number of benzene rings is 1. The first kappa shape index (κ1) is 95.1. The lowest BCUT2D eigenvalue weighted by Crippen LogP contribution is -2.14. The van der Waals surface area contributed by atoms with E-state index in [1.54, 1.807) is 43.4 Å². The highest BCUT2D eigenvalue weighted by molar-refractivity contribution is 6.29. The second-order valence-corrected chi connectivity index (χ2v) is 37.3. The summed E-state index contributed by atoms with van der Waals surface area (Å²) in [5.41, 5.74) is 18.7. The molecule has 0 amide bonds. The molecule has 108 heavy (non-hydrogen) atoms. The Bertz CT molecular complexity index is 3910. The van der Waals surface area contributed by atoms with Crippen LogP contribution in [0, 0.1) is 20.8 Å². The van der Waals surface area contributed by atoms with Gasteiger partial charge in [0.1, 0.15) is 17.8 Å². The van der Waals surface area contributed by atoms with Crippen LogP contribution in [0.2, 0.25) is 5.15 Å². The van der Waals surface area contributed by atoms with E-state index in [2.05, 4.69) is 347 Å². The van der Waals surface area contributed by atoms with Crippen LogP contribution in [0.25, 0.3) is 11.0 Å². The van der Waals surface area contributed by atoms with E-state index < -0.39 is 0 Å². The van der Waals surface area contributed by atoms with Crippen LogP contribution in [0.15, 0.2) is 208 Å². The molecule has 582 valence electrons. The van der Waals surface area contributed by atoms with Gasteiger partial charge in [0.25, 0.3) is 0 Å². The summed E-state index contributed by atoms with van der Waals surface area (Å²) in [7, 11) is 0. The summed E-state index contributed by atoms with van der Waals surface area (Å²) >= 11 is 5.70. The number of fused-ring (bicyclic) bond motifs is 1. The summed E-state index contributed by atoms with van der Waals surface area (Å²) in [5.74, 6) is 0. The van der Waals surface area contributed by atoms with E-state index in [0.29, 0.717) is 5.15 Å². The predicted molar refractivity (Wildman–Crippen MR) is 457 cm³/mol. The van der Waals surface area contributed by atoms with Crippen LogP contribution in [-0.2, 0) is 54.1 Å². The lowest BCUT2D eigenvalue weighted by molar-refractivity contribution is 0.564. The molecule has 0 unspecified atom stereocenters. The number of aryl methyl sites for hydroxylation is 3. The Morgan fingerprint density at radius 3 is 1.09 bits per heavy atom. The van der Waals surface area contributed by atoms with Gasteiger partial charge in [-0.05, 0) is 138 Å². The molecule has 0 spiro atoms. The van der Waals surface area contributed by atoms with Crippen molar-refractivity contribution in [3.63, 3.8) is 0 Å². The highest BCUT2D eigenvalue weighted by atomic mass is 35.5. The molecule has 0 aliphatic heterocycles. The minimum absolute atomic E-state index is 0.0482. The van der Waals surface area contributed by atoms with Crippen LogP contribution in [0.1, 0.15) is 281 Å². The van der Waals surface area contributed by atoms with Crippen LogP contribution in [0.5, 0.6) is 0 Å². The lowest BCUT2D eigenvalue weighted by Gasteiger charge is -2.19. The molecule has 0 aliphatic carbocycles. The minimum atomic E-state index is 0.0482. The second-order valence-electron chi connectivity index (χ2n) is 37.0. The molecule has 0 saturated carbocycles. The number of para-hydroxylation sites is 2. The Balaban J connectivity index is 0.000000408. The van der Waals surface area contributed by atoms with Crippen molar-refractivity contribution in [1.82, 2.24) is 69.8 Å². The first-order valence-corrected chi connectivity index (χ1v) is 37.7. The zero-order valence-corrected chi connectivity index (χ0v) is 73.0. The average Bonchev–Trinajstić information content (AvgIpc) is 0.820. The van der Waals surface area contributed by atoms with Gasteiger partial charge in [-0.2, -0.15) is 0 Å². The first-order chi connectivity index (χ1) is 49.6. The average molecular weight is 1480 g/mol. The normalized spacial score (nSPS) is 11.6. The third-order valence-electron chi connectivity index (χ3n) is 15.9. The molecule has 10 aromatic heterocycles. The highest BCUT2D eigenvalue weighted by Crippen LogP contribution is 2.27. The third-order valence-corrected chi connectivity index (χ3v) is 16.1. The smallest absolute Gasteiger partial charge is 0.132 e. The van der Waals surface area contributed by atoms with Crippen molar-refractivity contribution >= 4 is 22.6 Å². The van der Waals surface area contributed by atoms with Gasteiger partial charge in [0.2, 0.25) is 0 Å². The van der Waals surface area contributed by atoms with Gasteiger partial charge in [-0.15, -0.1) is 0 Å². The number of hydrogen-bond acceptors (Lipinski definition) is 14. The number of nitrogens with zero attached hydrogens (tertiary/aromatic N) is 14. The van der Waals surface area contributed by atoms with Gasteiger partial charge in [-0.3, -0.25) is 44.9 Å². The van der Waals surface area contributed by atoms with E-state index in [1.165, 1.54) is 39.8 Å². The Kier molecular flexibility index (Phi) is 37.6. The van der Waals surface area contributed by atoms with Gasteiger partial charge in [0.15, 0.2) is 0 Å². The standard InChI is InChI=1S/C12H14N2.3C10H15N.3C9H13N.C8H11ClN2.2C8H12N2/c1-12(2,3)11-8-13-9-6-4-5-7-10(9)14-11;1-8-5-6-11-9(7-8)10(2,3)4;1-8-5-6-9(11-7-8)10(2,3)4;1-8-6-5-7-11-9(8)10(2,3)4;1-9(2,3)8-4-6-10-7-5-8;1-9(2,3)8-5-4-6-10-7-8;1-9(2,3)8-6-4-5-7-10-8;1-8(2,3)6-4-7(9)11-5-10-6;1-8(2,3)7-6-9-4-5-10-7;1-8(2,3)7-4-5-9-6-10-7/h4-8H,1-3H3;3*5-7H,1-4H3;3*4-7H,1-3H3;4-5H,1-3H3;2*4-6H,1-3H3. The molecule has 0 radical (unpaired) electrons. The third kappa shape index (κ3) is 38.7. The summed E-state index contributed by atoms with van der Waals surface area (Å²) in [6, 6.07) is 38.3. The van der Waals surface area contributed by atoms with Crippen molar-refractivity contribution < 1.29 is 0 Å². The molecule has 0 aliphatic rings. The van der Waals surface area contributed by atoms with Crippen LogP contribution in [0.3, 0.4) is 0 Å². The molecular formula is C93H133ClN14. The van der Waals surface area contributed by atoms with Gasteiger partial charge < -0.3 is 0 Å². The lowest BCUT2D eigenvalue weighted by atomic mass is 9.88. The molecule has 10 heterocycles. The van der Waals surface area contributed by atoms with Gasteiger partial charge in [0, 0.05) is 152 Å². The van der Waals surface area contributed by atoms with E-state index in [0.717, 1.165) is 50.9 Å². The van der Waals surface area contributed by atoms with Crippen molar-refractivity contribution in [1.29, 1.82) is 0 Å². The van der Waals surface area contributed by atoms with Gasteiger partial charge in [-0.25, -0.2) is 24.9 Å². The van der Waals surface area contributed by atoms with Crippen molar-refractivity contribution in [3.05, 3.63) is 287 Å². The van der Waals surface area contributed by atoms with Crippen LogP contribution >= 0.6 is 11.6 Å². The fourth-order valence-corrected chi connectivity index (χ4v) is 9.22. The molecule has 1 aromatic carbocycles. The summed E-state index contributed by atoms with van der Waals surface area (Å²) in [5, 5.41) is 0.505. The van der Waals surface area contributed by atoms with E-state index in [-0.39, 0.29) is 54.1 Å². The predicted octanol–water partition coefficient (Wildman–Crippen LogP) is 24.1. The molecule has 11 aromatic rings. The molecule has 0 fully saturated rings. The summed E-state index contributed by atoms with van der Waals surface area (Å²) in [6.07, 6.45) is 26.8. The van der Waals surface area contributed by atoms with Crippen molar-refractivity contribution in [2.45, 2.75) is 283 Å². The zero-order valence-electron chi connectivity index (χ0n) is 72.3. The minimum Gasteiger partial charge on any atom is -0.265 e. The van der Waals surface area contributed by atoms with Gasteiger partial charge in [-0.1, -0.05) is 256 Å². The molecule has 0 saturated heterocycles. The van der Waals surface area contributed by atoms with E-state index in [9.17, 15) is 0 Å². The summed E-state index contributed by atoms with van der Waals surface area (Å²) in [6.45, 7) is 70.9. The van der Waals surface area contributed by atoms with Crippen molar-refractivity contribution in [3.8, 4) is 0 Å². The largest absolute Gasteiger partial charge is 0.265 e.